The highest BCUT2D eigenvalue weighted by Crippen LogP contribution is 2.13. The minimum atomic E-state index is -0.808. The number of rotatable bonds is 6. The summed E-state index contributed by atoms with van der Waals surface area (Å²) < 4.78 is 0. The summed E-state index contributed by atoms with van der Waals surface area (Å²) in [6.07, 6.45) is 1.25. The van der Waals surface area contributed by atoms with Gasteiger partial charge in [-0.3, -0.25) is 0 Å². The van der Waals surface area contributed by atoms with Gasteiger partial charge in [0.25, 0.3) is 0 Å². The van der Waals surface area contributed by atoms with Gasteiger partial charge in [-0.25, -0.2) is 4.79 Å². The van der Waals surface area contributed by atoms with Crippen LogP contribution in [0.25, 0.3) is 0 Å². The van der Waals surface area contributed by atoms with Crippen LogP contribution in [-0.2, 0) is 6.54 Å². The summed E-state index contributed by atoms with van der Waals surface area (Å²) in [7, 11) is 0. The van der Waals surface area contributed by atoms with Gasteiger partial charge in [0, 0.05) is 13.1 Å². The predicted molar refractivity (Wildman–Crippen MR) is 81.7 cm³/mol. The van der Waals surface area contributed by atoms with Crippen LogP contribution in [-0.4, -0.2) is 23.3 Å². The van der Waals surface area contributed by atoms with E-state index in [1.54, 1.807) is 0 Å². The van der Waals surface area contributed by atoms with Crippen LogP contribution in [0.2, 0.25) is 0 Å². The molecule has 0 aliphatic rings. The molecule has 20 heavy (non-hydrogen) atoms. The Balaban J connectivity index is 2.44. The van der Waals surface area contributed by atoms with Gasteiger partial charge in [0.1, 0.15) is 0 Å². The molecule has 0 aromatic heterocycles. The van der Waals surface area contributed by atoms with Gasteiger partial charge in [-0.1, -0.05) is 37.6 Å². The highest BCUT2D eigenvalue weighted by molar-refractivity contribution is 5.73. The summed E-state index contributed by atoms with van der Waals surface area (Å²) >= 11 is 0. The van der Waals surface area contributed by atoms with Crippen molar-refractivity contribution in [3.8, 4) is 0 Å². The van der Waals surface area contributed by atoms with Crippen LogP contribution in [0.15, 0.2) is 18.2 Å². The number of carbonyl (C=O) groups is 1. The zero-order valence-electron chi connectivity index (χ0n) is 12.9. The highest BCUT2D eigenvalue weighted by atomic mass is 16.3. The first-order chi connectivity index (χ1) is 9.40. The van der Waals surface area contributed by atoms with Crippen LogP contribution in [0.1, 0.15) is 43.4 Å². The molecule has 0 radical (unpaired) electrons. The number of hydrogen-bond acceptors (Lipinski definition) is 2. The van der Waals surface area contributed by atoms with Crippen LogP contribution >= 0.6 is 0 Å². The Kier molecular flexibility index (Phi) is 6.02. The van der Waals surface area contributed by atoms with E-state index in [1.807, 2.05) is 39.8 Å². The van der Waals surface area contributed by atoms with Crippen molar-refractivity contribution in [1.29, 1.82) is 0 Å². The molecule has 4 nitrogen and oxygen atoms in total. The second kappa shape index (κ2) is 7.29. The lowest BCUT2D eigenvalue weighted by Gasteiger charge is -2.25. The number of aryl methyl sites for hydroxylation is 2. The lowest BCUT2D eigenvalue weighted by molar-refractivity contribution is 0.0349. The average Bonchev–Trinajstić information content (AvgIpc) is 2.44. The van der Waals surface area contributed by atoms with Crippen molar-refractivity contribution in [2.75, 3.05) is 6.54 Å². The quantitative estimate of drug-likeness (QED) is 0.749. The van der Waals surface area contributed by atoms with Gasteiger partial charge in [0.15, 0.2) is 0 Å². The molecule has 0 saturated heterocycles. The molecular formula is C16H26N2O2. The summed E-state index contributed by atoms with van der Waals surface area (Å²) in [5.41, 5.74) is 2.68. The first-order valence-corrected chi connectivity index (χ1v) is 7.20. The molecule has 0 spiro atoms. The smallest absolute Gasteiger partial charge is 0.315 e. The van der Waals surface area contributed by atoms with E-state index in [-0.39, 0.29) is 12.6 Å². The molecule has 2 amide bonds. The normalized spacial score (nSPS) is 11.2. The molecule has 0 heterocycles. The average molecular weight is 278 g/mol. The number of urea groups is 1. The van der Waals surface area contributed by atoms with Crippen molar-refractivity contribution in [3.63, 3.8) is 0 Å². The first kappa shape index (κ1) is 16.5. The van der Waals surface area contributed by atoms with Crippen molar-refractivity contribution in [2.24, 2.45) is 0 Å². The van der Waals surface area contributed by atoms with Crippen molar-refractivity contribution in [2.45, 2.75) is 52.7 Å². The molecule has 1 rings (SSSR count). The Labute approximate surface area is 121 Å². The summed E-state index contributed by atoms with van der Waals surface area (Å²) in [6.45, 7) is 8.69. The Bertz CT molecular complexity index is 454. The van der Waals surface area contributed by atoms with Gasteiger partial charge in [-0.05, 0) is 37.8 Å². The van der Waals surface area contributed by atoms with E-state index in [2.05, 4.69) is 16.7 Å². The lowest BCUT2D eigenvalue weighted by Crippen LogP contribution is -2.45. The third-order valence-corrected chi connectivity index (χ3v) is 3.83. The number of carbonyl (C=O) groups excluding carboxylic acids is 1. The number of nitrogens with one attached hydrogen (secondary N) is 2. The molecule has 0 atom stereocenters. The van der Waals surface area contributed by atoms with E-state index < -0.39 is 5.60 Å². The third kappa shape index (κ3) is 4.85. The number of hydrogen-bond donors (Lipinski definition) is 3. The largest absolute Gasteiger partial charge is 0.388 e. The molecule has 0 saturated carbocycles. The number of amides is 2. The fourth-order valence-corrected chi connectivity index (χ4v) is 2.03. The van der Waals surface area contributed by atoms with Crippen LogP contribution in [0.3, 0.4) is 0 Å². The monoisotopic (exact) mass is 278 g/mol. The van der Waals surface area contributed by atoms with Crippen LogP contribution < -0.4 is 10.6 Å². The van der Waals surface area contributed by atoms with Gasteiger partial charge in [0.2, 0.25) is 0 Å². The topological polar surface area (TPSA) is 61.4 Å². The van der Waals surface area contributed by atoms with E-state index in [9.17, 15) is 9.90 Å². The zero-order valence-corrected chi connectivity index (χ0v) is 12.9. The molecule has 0 aliphatic carbocycles. The van der Waals surface area contributed by atoms with E-state index in [1.165, 1.54) is 11.1 Å². The maximum Gasteiger partial charge on any atom is 0.315 e. The van der Waals surface area contributed by atoms with Crippen molar-refractivity contribution >= 4 is 6.03 Å². The fourth-order valence-electron chi connectivity index (χ4n) is 2.03. The summed E-state index contributed by atoms with van der Waals surface area (Å²) in [5, 5.41) is 15.6. The fraction of sp³-hybridized carbons (Fsp3) is 0.562. The van der Waals surface area contributed by atoms with Crippen molar-refractivity contribution in [3.05, 3.63) is 34.9 Å². The molecule has 0 aliphatic heterocycles. The van der Waals surface area contributed by atoms with E-state index in [4.69, 9.17) is 0 Å². The summed E-state index contributed by atoms with van der Waals surface area (Å²) in [4.78, 5) is 11.7. The Morgan fingerprint density at radius 3 is 2.40 bits per heavy atom. The van der Waals surface area contributed by atoms with Gasteiger partial charge in [0.05, 0.1) is 5.60 Å². The number of aliphatic hydroxyl groups is 1. The van der Waals surface area contributed by atoms with Crippen molar-refractivity contribution < 1.29 is 9.90 Å². The SMILES string of the molecule is CCC(O)(CC)CNC(=O)NCc1ccc(C)cc1C. The Hall–Kier alpha value is -1.55. The second-order valence-corrected chi connectivity index (χ2v) is 5.40. The molecule has 4 heteroatoms. The van der Waals surface area contributed by atoms with Crippen LogP contribution in [0.4, 0.5) is 4.79 Å². The van der Waals surface area contributed by atoms with Crippen LogP contribution in [0.5, 0.6) is 0 Å². The standard InChI is InChI=1S/C16H26N2O2/c1-5-16(20,6-2)11-18-15(19)17-10-14-8-7-12(3)9-13(14)4/h7-9,20H,5-6,10-11H2,1-4H3,(H2,17,18,19). The molecular weight excluding hydrogens is 252 g/mol. The van der Waals surface area contributed by atoms with E-state index in [0.717, 1.165) is 5.56 Å². The van der Waals surface area contributed by atoms with Crippen LogP contribution in [0, 0.1) is 13.8 Å². The second-order valence-electron chi connectivity index (χ2n) is 5.40. The zero-order chi connectivity index (χ0) is 15.2. The molecule has 1 aromatic rings. The maximum atomic E-state index is 11.7. The third-order valence-electron chi connectivity index (χ3n) is 3.83. The van der Waals surface area contributed by atoms with Gasteiger partial charge < -0.3 is 15.7 Å². The molecule has 112 valence electrons. The molecule has 1 aromatic carbocycles. The Morgan fingerprint density at radius 2 is 1.85 bits per heavy atom. The molecule has 3 N–H and O–H groups in total. The summed E-state index contributed by atoms with van der Waals surface area (Å²) in [6, 6.07) is 5.92. The van der Waals surface area contributed by atoms with Gasteiger partial charge in [-0.15, -0.1) is 0 Å². The Morgan fingerprint density at radius 1 is 1.20 bits per heavy atom. The highest BCUT2D eigenvalue weighted by Gasteiger charge is 2.22. The molecule has 0 fully saturated rings. The van der Waals surface area contributed by atoms with E-state index in [0.29, 0.717) is 19.4 Å². The first-order valence-electron chi connectivity index (χ1n) is 7.20. The molecule has 0 unspecified atom stereocenters. The lowest BCUT2D eigenvalue weighted by atomic mass is 9.98. The minimum absolute atomic E-state index is 0.245. The van der Waals surface area contributed by atoms with Gasteiger partial charge in [-0.2, -0.15) is 0 Å². The predicted octanol–water partition coefficient (Wildman–Crippen LogP) is 2.65. The minimum Gasteiger partial charge on any atom is -0.388 e. The van der Waals surface area contributed by atoms with E-state index >= 15 is 0 Å². The summed E-state index contributed by atoms with van der Waals surface area (Å²) in [5.74, 6) is 0. The van der Waals surface area contributed by atoms with Crippen molar-refractivity contribution in [1.82, 2.24) is 10.6 Å². The number of benzene rings is 1. The maximum absolute atomic E-state index is 11.7. The van der Waals surface area contributed by atoms with Gasteiger partial charge >= 0.3 is 6.03 Å². The molecule has 0 bridgehead atoms.